The molecule has 4 aromatic rings. The number of hydrogen-bond acceptors (Lipinski definition) is 6. The van der Waals surface area contributed by atoms with Gasteiger partial charge in [-0.1, -0.05) is 30.3 Å². The second kappa shape index (κ2) is 6.23. The van der Waals surface area contributed by atoms with Gasteiger partial charge in [0.1, 0.15) is 6.33 Å². The van der Waals surface area contributed by atoms with Crippen LogP contribution in [0.25, 0.3) is 16.9 Å². The summed E-state index contributed by atoms with van der Waals surface area (Å²) < 4.78 is 14.9. The highest BCUT2D eigenvalue weighted by Crippen LogP contribution is 2.20. The van der Waals surface area contributed by atoms with Crippen LogP contribution < -0.4 is 5.32 Å². The first-order chi connectivity index (χ1) is 12.2. The number of benzene rings is 1. The summed E-state index contributed by atoms with van der Waals surface area (Å²) in [5, 5.41) is 7.32. The Labute approximate surface area is 142 Å². The Kier molecular flexibility index (Phi) is 3.77. The van der Waals surface area contributed by atoms with E-state index >= 15 is 0 Å². The molecule has 0 bridgehead atoms. The van der Waals surface area contributed by atoms with E-state index in [9.17, 15) is 4.39 Å². The van der Waals surface area contributed by atoms with Crippen LogP contribution in [0.2, 0.25) is 0 Å². The van der Waals surface area contributed by atoms with E-state index in [1.54, 1.807) is 17.5 Å². The van der Waals surface area contributed by atoms with Crippen molar-refractivity contribution in [1.82, 2.24) is 29.5 Å². The lowest BCUT2D eigenvalue weighted by molar-refractivity contribution is 0.529. The lowest BCUT2D eigenvalue weighted by Crippen LogP contribution is -2.10. The number of aryl methyl sites for hydroxylation is 1. The van der Waals surface area contributed by atoms with E-state index in [-0.39, 0.29) is 0 Å². The van der Waals surface area contributed by atoms with Crippen molar-refractivity contribution < 1.29 is 4.39 Å². The molecule has 0 atom stereocenters. The molecule has 8 heteroatoms. The van der Waals surface area contributed by atoms with Crippen LogP contribution in [0.5, 0.6) is 0 Å². The molecule has 124 valence electrons. The summed E-state index contributed by atoms with van der Waals surface area (Å²) in [5.41, 5.74) is 3.52. The number of fused-ring (bicyclic) bond motifs is 1. The third-order valence-corrected chi connectivity index (χ3v) is 3.64. The van der Waals surface area contributed by atoms with Crippen molar-refractivity contribution in [3.63, 3.8) is 0 Å². The summed E-state index contributed by atoms with van der Waals surface area (Å²) in [6.45, 7) is 2.01. The SMILES string of the molecule is Cc1cc(CNc2nc(-c3ccccc3)cc3ncnn23)nc(F)n1. The second-order valence-corrected chi connectivity index (χ2v) is 5.48. The summed E-state index contributed by atoms with van der Waals surface area (Å²) in [5.74, 6) is 0.505. The van der Waals surface area contributed by atoms with Crippen molar-refractivity contribution in [2.45, 2.75) is 13.5 Å². The van der Waals surface area contributed by atoms with Crippen LogP contribution in [0.4, 0.5) is 10.3 Å². The van der Waals surface area contributed by atoms with Gasteiger partial charge < -0.3 is 5.32 Å². The van der Waals surface area contributed by atoms with Gasteiger partial charge in [0, 0.05) is 17.3 Å². The van der Waals surface area contributed by atoms with Gasteiger partial charge in [-0.05, 0) is 13.0 Å². The zero-order valence-corrected chi connectivity index (χ0v) is 13.4. The maximum atomic E-state index is 13.3. The Morgan fingerprint density at radius 2 is 1.92 bits per heavy atom. The van der Waals surface area contributed by atoms with Gasteiger partial charge in [-0.15, -0.1) is 0 Å². The summed E-state index contributed by atoms with van der Waals surface area (Å²) in [7, 11) is 0. The molecule has 0 saturated heterocycles. The van der Waals surface area contributed by atoms with Gasteiger partial charge in [0.25, 0.3) is 0 Å². The molecule has 0 spiro atoms. The number of nitrogens with one attached hydrogen (secondary N) is 1. The number of rotatable bonds is 4. The van der Waals surface area contributed by atoms with E-state index in [0.29, 0.717) is 29.5 Å². The number of aromatic nitrogens is 6. The van der Waals surface area contributed by atoms with Gasteiger partial charge in [-0.2, -0.15) is 14.0 Å². The zero-order valence-electron chi connectivity index (χ0n) is 13.4. The summed E-state index contributed by atoms with van der Waals surface area (Å²) in [4.78, 5) is 16.3. The molecular formula is C17H14FN7. The Hall–Kier alpha value is -3.42. The fraction of sp³-hybridized carbons (Fsp3) is 0.118. The summed E-state index contributed by atoms with van der Waals surface area (Å²) >= 11 is 0. The summed E-state index contributed by atoms with van der Waals surface area (Å²) in [6, 6.07) is 13.4. The Bertz CT molecular complexity index is 1010. The number of halogens is 1. The van der Waals surface area contributed by atoms with Crippen molar-refractivity contribution >= 4 is 11.6 Å². The number of anilines is 1. The van der Waals surface area contributed by atoms with Crippen molar-refractivity contribution in [2.75, 3.05) is 5.32 Å². The molecule has 0 fully saturated rings. The largest absolute Gasteiger partial charge is 0.348 e. The topological polar surface area (TPSA) is 80.9 Å². The minimum Gasteiger partial charge on any atom is -0.348 e. The third-order valence-electron chi connectivity index (χ3n) is 3.64. The van der Waals surface area contributed by atoms with E-state index in [2.05, 4.69) is 30.4 Å². The van der Waals surface area contributed by atoms with Crippen molar-refractivity contribution in [1.29, 1.82) is 0 Å². The normalized spacial score (nSPS) is 11.0. The van der Waals surface area contributed by atoms with Crippen LogP contribution in [0, 0.1) is 13.0 Å². The Balaban J connectivity index is 1.69. The molecule has 0 unspecified atom stereocenters. The maximum absolute atomic E-state index is 13.3. The molecule has 0 radical (unpaired) electrons. The molecule has 4 rings (SSSR count). The second-order valence-electron chi connectivity index (χ2n) is 5.48. The van der Waals surface area contributed by atoms with Gasteiger partial charge >= 0.3 is 6.08 Å². The van der Waals surface area contributed by atoms with Gasteiger partial charge in [0.05, 0.1) is 17.9 Å². The van der Waals surface area contributed by atoms with Crippen molar-refractivity contribution in [2.24, 2.45) is 0 Å². The van der Waals surface area contributed by atoms with Gasteiger partial charge in [0.15, 0.2) is 5.65 Å². The van der Waals surface area contributed by atoms with Crippen LogP contribution in [0.1, 0.15) is 11.4 Å². The van der Waals surface area contributed by atoms with Gasteiger partial charge in [0.2, 0.25) is 5.95 Å². The number of nitrogens with zero attached hydrogens (tertiary/aromatic N) is 6. The van der Waals surface area contributed by atoms with Crippen molar-refractivity contribution in [3.05, 3.63) is 66.3 Å². The van der Waals surface area contributed by atoms with Crippen molar-refractivity contribution in [3.8, 4) is 11.3 Å². The van der Waals surface area contributed by atoms with Gasteiger partial charge in [-0.25, -0.2) is 19.9 Å². The molecule has 1 aromatic carbocycles. The first-order valence-corrected chi connectivity index (χ1v) is 7.69. The molecule has 0 saturated carbocycles. The molecule has 0 amide bonds. The quantitative estimate of drug-likeness (QED) is 0.578. The molecule has 0 aliphatic heterocycles. The molecule has 0 aliphatic rings. The highest BCUT2D eigenvalue weighted by Gasteiger charge is 2.10. The molecule has 3 aromatic heterocycles. The first-order valence-electron chi connectivity index (χ1n) is 7.69. The molecular weight excluding hydrogens is 321 g/mol. The fourth-order valence-corrected chi connectivity index (χ4v) is 2.55. The van der Waals surface area contributed by atoms with Crippen LogP contribution in [0.15, 0.2) is 48.8 Å². The molecule has 3 heterocycles. The minimum absolute atomic E-state index is 0.292. The third kappa shape index (κ3) is 3.14. The predicted octanol–water partition coefficient (Wildman–Crippen LogP) is 2.64. The fourth-order valence-electron chi connectivity index (χ4n) is 2.55. The standard InChI is InChI=1S/C17H14FN7/c1-11-7-13(23-16(18)22-11)9-19-17-24-14(12-5-3-2-4-6-12)8-15-20-10-21-25(15)17/h2-8,10H,9H2,1H3,(H,19,24). The van der Waals surface area contributed by atoms with E-state index in [1.165, 1.54) is 6.33 Å². The van der Waals surface area contributed by atoms with Crippen LogP contribution in [0.3, 0.4) is 0 Å². The Morgan fingerprint density at radius 3 is 2.72 bits per heavy atom. The predicted molar refractivity (Wildman–Crippen MR) is 90.3 cm³/mol. The van der Waals surface area contributed by atoms with E-state index in [1.807, 2.05) is 36.4 Å². The average Bonchev–Trinajstić information content (AvgIpc) is 3.08. The summed E-state index contributed by atoms with van der Waals surface area (Å²) in [6.07, 6.45) is 0.722. The van der Waals surface area contributed by atoms with Crippen LogP contribution in [-0.2, 0) is 6.54 Å². The maximum Gasteiger partial charge on any atom is 0.309 e. The number of hydrogen-bond donors (Lipinski definition) is 1. The van der Waals surface area contributed by atoms with E-state index in [0.717, 1.165) is 11.3 Å². The molecule has 7 nitrogen and oxygen atoms in total. The smallest absolute Gasteiger partial charge is 0.309 e. The average molecular weight is 335 g/mol. The lowest BCUT2D eigenvalue weighted by atomic mass is 10.1. The van der Waals surface area contributed by atoms with Crippen LogP contribution in [-0.4, -0.2) is 29.5 Å². The molecule has 1 N–H and O–H groups in total. The van der Waals surface area contributed by atoms with E-state index < -0.39 is 6.08 Å². The van der Waals surface area contributed by atoms with Gasteiger partial charge in [-0.3, -0.25) is 0 Å². The highest BCUT2D eigenvalue weighted by molar-refractivity contribution is 5.65. The minimum atomic E-state index is -0.742. The Morgan fingerprint density at radius 1 is 1.08 bits per heavy atom. The first kappa shape index (κ1) is 15.1. The van der Waals surface area contributed by atoms with Crippen LogP contribution >= 0.6 is 0 Å². The zero-order chi connectivity index (χ0) is 17.2. The highest BCUT2D eigenvalue weighted by atomic mass is 19.1. The molecule has 25 heavy (non-hydrogen) atoms. The monoisotopic (exact) mass is 335 g/mol. The lowest BCUT2D eigenvalue weighted by Gasteiger charge is -2.09. The van der Waals surface area contributed by atoms with E-state index in [4.69, 9.17) is 0 Å². The molecule has 0 aliphatic carbocycles.